The van der Waals surface area contributed by atoms with Crippen molar-refractivity contribution in [1.29, 1.82) is 0 Å². The normalized spacial score (nSPS) is 8.82. The molecule has 0 aliphatic rings. The van der Waals surface area contributed by atoms with Crippen LogP contribution in [-0.2, 0) is 12.4 Å². The lowest BCUT2D eigenvalue weighted by molar-refractivity contribution is 0.774. The molecule has 11 heavy (non-hydrogen) atoms. The Bertz CT molecular complexity index is 220. The maximum absolute atomic E-state index is 5.59. The van der Waals surface area contributed by atoms with E-state index in [1.54, 1.807) is 6.20 Å². The van der Waals surface area contributed by atoms with E-state index in [1.165, 1.54) is 0 Å². The van der Waals surface area contributed by atoms with Crippen LogP contribution in [0.15, 0.2) is 25.0 Å². The minimum atomic E-state index is 0. The highest BCUT2D eigenvalue weighted by molar-refractivity contribution is 6.16. The number of alkyl halides is 1. The molecule has 0 aromatic carbocycles. The van der Waals surface area contributed by atoms with Gasteiger partial charge in [0.05, 0.1) is 5.88 Å². The first-order valence-corrected chi connectivity index (χ1v) is 3.59. The average molecular weight is 193 g/mol. The van der Waals surface area contributed by atoms with E-state index in [1.807, 2.05) is 16.8 Å². The molecule has 0 aliphatic heterocycles. The first-order chi connectivity index (χ1) is 4.88. The molecule has 0 bridgehead atoms. The largest absolute Gasteiger partial charge is 0.330 e. The Hall–Kier alpha value is -0.470. The van der Waals surface area contributed by atoms with Gasteiger partial charge in [0.2, 0.25) is 0 Å². The third kappa shape index (κ3) is 2.56. The van der Waals surface area contributed by atoms with Crippen LogP contribution in [0.4, 0.5) is 0 Å². The first-order valence-electron chi connectivity index (χ1n) is 3.05. The minimum Gasteiger partial charge on any atom is -0.330 e. The van der Waals surface area contributed by atoms with Crippen molar-refractivity contribution in [2.45, 2.75) is 12.4 Å². The molecule has 1 aromatic heterocycles. The van der Waals surface area contributed by atoms with Gasteiger partial charge < -0.3 is 4.57 Å². The topological polar surface area (TPSA) is 17.8 Å². The third-order valence-electron chi connectivity index (χ3n) is 1.25. The molecule has 0 saturated carbocycles. The Balaban J connectivity index is 0.000001000. The van der Waals surface area contributed by atoms with Crippen LogP contribution in [0.25, 0.3) is 0 Å². The van der Waals surface area contributed by atoms with Crippen molar-refractivity contribution in [1.82, 2.24) is 9.55 Å². The summed E-state index contributed by atoms with van der Waals surface area (Å²) in [7, 11) is 0. The van der Waals surface area contributed by atoms with Crippen molar-refractivity contribution in [2.24, 2.45) is 0 Å². The second kappa shape index (κ2) is 5.22. The quantitative estimate of drug-likeness (QED) is 0.531. The van der Waals surface area contributed by atoms with E-state index in [9.17, 15) is 0 Å². The monoisotopic (exact) mass is 192 g/mol. The maximum Gasteiger partial charge on any atom is 0.123 e. The van der Waals surface area contributed by atoms with Crippen LogP contribution in [0.2, 0.25) is 0 Å². The number of halogens is 2. The number of rotatable bonds is 3. The van der Waals surface area contributed by atoms with Crippen LogP contribution in [0, 0.1) is 0 Å². The Morgan fingerprint density at radius 3 is 3.00 bits per heavy atom. The molecule has 0 spiro atoms. The molecule has 1 rings (SSSR count). The summed E-state index contributed by atoms with van der Waals surface area (Å²) in [6.45, 7) is 4.40. The molecule has 1 heterocycles. The fourth-order valence-electron chi connectivity index (χ4n) is 0.777. The van der Waals surface area contributed by atoms with Gasteiger partial charge in [-0.3, -0.25) is 0 Å². The van der Waals surface area contributed by atoms with Crippen molar-refractivity contribution < 1.29 is 0 Å². The fraction of sp³-hybridized carbons (Fsp3) is 0.286. The maximum atomic E-state index is 5.59. The molecule has 1 aromatic rings. The predicted octanol–water partition coefficient (Wildman–Crippen LogP) is 2.23. The van der Waals surface area contributed by atoms with Gasteiger partial charge in [-0.2, -0.15) is 0 Å². The number of hydrogen-bond acceptors (Lipinski definition) is 1. The molecule has 0 radical (unpaired) electrons. The molecule has 0 aliphatic carbocycles. The van der Waals surface area contributed by atoms with Crippen LogP contribution < -0.4 is 0 Å². The summed E-state index contributed by atoms with van der Waals surface area (Å²) in [6, 6.07) is 0. The van der Waals surface area contributed by atoms with E-state index in [4.69, 9.17) is 11.6 Å². The van der Waals surface area contributed by atoms with Crippen LogP contribution in [-0.4, -0.2) is 9.55 Å². The summed E-state index contributed by atoms with van der Waals surface area (Å²) in [6.07, 6.45) is 5.44. The lowest BCUT2D eigenvalue weighted by atomic mass is 10.6. The highest BCUT2D eigenvalue weighted by Gasteiger charge is 1.96. The van der Waals surface area contributed by atoms with E-state index < -0.39 is 0 Å². The first kappa shape index (κ1) is 10.5. The summed E-state index contributed by atoms with van der Waals surface area (Å²) >= 11 is 5.59. The van der Waals surface area contributed by atoms with Gasteiger partial charge in [0, 0.05) is 18.9 Å². The SMILES string of the molecule is C=CCn1ccnc1CCl.Cl. The Morgan fingerprint density at radius 2 is 2.45 bits per heavy atom. The Morgan fingerprint density at radius 1 is 1.73 bits per heavy atom. The molecule has 0 amide bonds. The van der Waals surface area contributed by atoms with Gasteiger partial charge in [0.1, 0.15) is 5.82 Å². The van der Waals surface area contributed by atoms with Gasteiger partial charge in [-0.1, -0.05) is 6.08 Å². The zero-order chi connectivity index (χ0) is 7.40. The van der Waals surface area contributed by atoms with E-state index >= 15 is 0 Å². The molecule has 0 fully saturated rings. The number of imidazole rings is 1. The van der Waals surface area contributed by atoms with Gasteiger partial charge in [0.25, 0.3) is 0 Å². The average Bonchev–Trinajstić information content (AvgIpc) is 2.36. The second-order valence-electron chi connectivity index (χ2n) is 1.92. The zero-order valence-electron chi connectivity index (χ0n) is 6.03. The molecular weight excluding hydrogens is 183 g/mol. The molecule has 0 unspecified atom stereocenters. The molecule has 0 saturated heterocycles. The van der Waals surface area contributed by atoms with Gasteiger partial charge in [0.15, 0.2) is 0 Å². The number of aromatic nitrogens is 2. The standard InChI is InChI=1S/C7H9ClN2.ClH/c1-2-4-10-5-3-9-7(10)6-8;/h2-3,5H,1,4,6H2;1H. The lowest BCUT2D eigenvalue weighted by Crippen LogP contribution is -1.98. The lowest BCUT2D eigenvalue weighted by Gasteiger charge is -1.99. The highest BCUT2D eigenvalue weighted by Crippen LogP contribution is 2.00. The van der Waals surface area contributed by atoms with Crippen LogP contribution >= 0.6 is 24.0 Å². The minimum absolute atomic E-state index is 0. The Labute approximate surface area is 77.3 Å². The molecule has 4 heteroatoms. The van der Waals surface area contributed by atoms with Gasteiger partial charge >= 0.3 is 0 Å². The van der Waals surface area contributed by atoms with Gasteiger partial charge in [-0.05, 0) is 0 Å². The predicted molar refractivity (Wildman–Crippen MR) is 49.2 cm³/mol. The third-order valence-corrected chi connectivity index (χ3v) is 1.49. The van der Waals surface area contributed by atoms with E-state index in [0.717, 1.165) is 12.4 Å². The van der Waals surface area contributed by atoms with E-state index in [-0.39, 0.29) is 12.4 Å². The van der Waals surface area contributed by atoms with Crippen molar-refractivity contribution in [2.75, 3.05) is 0 Å². The molecule has 0 atom stereocenters. The molecular formula is C7H10Cl2N2. The smallest absolute Gasteiger partial charge is 0.123 e. The summed E-state index contributed by atoms with van der Waals surface area (Å²) in [5, 5.41) is 0. The van der Waals surface area contributed by atoms with Crippen LogP contribution in [0.3, 0.4) is 0 Å². The molecule has 62 valence electrons. The summed E-state index contributed by atoms with van der Waals surface area (Å²) in [5.41, 5.74) is 0. The number of nitrogens with zero attached hydrogens (tertiary/aromatic N) is 2. The summed E-state index contributed by atoms with van der Waals surface area (Å²) < 4.78 is 1.96. The van der Waals surface area contributed by atoms with Crippen molar-refractivity contribution >= 4 is 24.0 Å². The molecule has 0 N–H and O–H groups in total. The van der Waals surface area contributed by atoms with E-state index in [2.05, 4.69) is 11.6 Å². The van der Waals surface area contributed by atoms with Gasteiger partial charge in [-0.15, -0.1) is 30.6 Å². The zero-order valence-corrected chi connectivity index (χ0v) is 7.61. The van der Waals surface area contributed by atoms with Crippen LogP contribution in [0.1, 0.15) is 5.82 Å². The summed E-state index contributed by atoms with van der Waals surface area (Å²) in [4.78, 5) is 4.04. The van der Waals surface area contributed by atoms with Gasteiger partial charge in [-0.25, -0.2) is 4.98 Å². The van der Waals surface area contributed by atoms with Crippen LogP contribution in [0.5, 0.6) is 0 Å². The molecule has 2 nitrogen and oxygen atoms in total. The van der Waals surface area contributed by atoms with Crippen molar-refractivity contribution in [3.05, 3.63) is 30.9 Å². The Kier molecular flexibility index (Phi) is 4.99. The van der Waals surface area contributed by atoms with Crippen molar-refractivity contribution in [3.63, 3.8) is 0 Å². The highest BCUT2D eigenvalue weighted by atomic mass is 35.5. The van der Waals surface area contributed by atoms with E-state index in [0.29, 0.717) is 5.88 Å². The summed E-state index contributed by atoms with van der Waals surface area (Å²) in [5.74, 6) is 1.35. The second-order valence-corrected chi connectivity index (χ2v) is 2.19. The van der Waals surface area contributed by atoms with Crippen molar-refractivity contribution in [3.8, 4) is 0 Å². The fourth-order valence-corrected chi connectivity index (χ4v) is 0.999. The number of allylic oxidation sites excluding steroid dienone is 1. The number of hydrogen-bond donors (Lipinski definition) is 0.